The molecule has 0 aliphatic carbocycles. The number of hydrogen-bond acceptors (Lipinski definition) is 5. The van der Waals surface area contributed by atoms with Crippen LogP contribution in [0.15, 0.2) is 71.0 Å². The topological polar surface area (TPSA) is 80.2 Å². The molecule has 1 N–H and O–H groups in total. The molecule has 2 aromatic heterocycles. The largest absolute Gasteiger partial charge is 0.439 e. The van der Waals surface area contributed by atoms with Crippen molar-refractivity contribution >= 4 is 33.9 Å². The fourth-order valence-electron chi connectivity index (χ4n) is 3.15. The number of halogens is 1. The van der Waals surface area contributed by atoms with Crippen LogP contribution in [0.3, 0.4) is 0 Å². The van der Waals surface area contributed by atoms with Crippen LogP contribution >= 0.6 is 15.9 Å². The van der Waals surface area contributed by atoms with Crippen molar-refractivity contribution in [3.63, 3.8) is 0 Å². The van der Waals surface area contributed by atoms with Gasteiger partial charge >= 0.3 is 6.03 Å². The molecule has 0 bridgehead atoms. The Labute approximate surface area is 182 Å². The van der Waals surface area contributed by atoms with Gasteiger partial charge < -0.3 is 9.64 Å². The van der Waals surface area contributed by atoms with Crippen LogP contribution < -0.4 is 10.1 Å². The Kier molecular flexibility index (Phi) is 6.34. The number of carbonyl (C=O) groups excluding carboxylic acids is 1. The Morgan fingerprint density at radius 3 is 2.73 bits per heavy atom. The van der Waals surface area contributed by atoms with Gasteiger partial charge in [-0.25, -0.2) is 9.78 Å². The first-order chi connectivity index (χ1) is 14.7. The number of amides is 2. The predicted molar refractivity (Wildman–Crippen MR) is 118 cm³/mol. The molecule has 4 rings (SSSR count). The minimum Gasteiger partial charge on any atom is -0.439 e. The number of benzene rings is 1. The van der Waals surface area contributed by atoms with Crippen molar-refractivity contribution in [3.05, 3.63) is 76.5 Å². The summed E-state index contributed by atoms with van der Waals surface area (Å²) in [6, 6.07) is 14.9. The van der Waals surface area contributed by atoms with Gasteiger partial charge in [-0.05, 0) is 64.7 Å². The van der Waals surface area contributed by atoms with Crippen molar-refractivity contribution < 1.29 is 9.53 Å². The van der Waals surface area contributed by atoms with E-state index in [2.05, 4.69) is 42.5 Å². The van der Waals surface area contributed by atoms with Gasteiger partial charge in [0.05, 0.1) is 0 Å². The number of likely N-dealkylation sites (tertiary alicyclic amines) is 1. The predicted octanol–water partition coefficient (Wildman–Crippen LogP) is 5.14. The van der Waals surface area contributed by atoms with Gasteiger partial charge in [0, 0.05) is 36.0 Å². The zero-order chi connectivity index (χ0) is 20.8. The van der Waals surface area contributed by atoms with Crippen LogP contribution in [0.1, 0.15) is 18.4 Å². The van der Waals surface area contributed by atoms with Crippen molar-refractivity contribution in [2.24, 2.45) is 0 Å². The van der Waals surface area contributed by atoms with Gasteiger partial charge in [0.25, 0.3) is 0 Å². The lowest BCUT2D eigenvalue weighted by atomic mass is 10.0. The number of nitrogens with one attached hydrogen (secondary N) is 1. The maximum absolute atomic E-state index is 12.4. The minimum absolute atomic E-state index is 0.146. The number of anilines is 1. The van der Waals surface area contributed by atoms with Gasteiger partial charge in [-0.1, -0.05) is 23.8 Å². The summed E-state index contributed by atoms with van der Waals surface area (Å²) in [4.78, 5) is 18.4. The quantitative estimate of drug-likeness (QED) is 0.576. The average Bonchev–Trinajstić information content (AvgIpc) is 2.77. The average molecular weight is 466 g/mol. The fourth-order valence-corrected chi connectivity index (χ4v) is 3.38. The van der Waals surface area contributed by atoms with Gasteiger partial charge in [0.15, 0.2) is 5.82 Å². The molecule has 1 aliphatic heterocycles. The van der Waals surface area contributed by atoms with Crippen LogP contribution in [-0.4, -0.2) is 39.2 Å². The van der Waals surface area contributed by atoms with E-state index in [0.717, 1.165) is 28.6 Å². The van der Waals surface area contributed by atoms with Crippen molar-refractivity contribution in [1.29, 1.82) is 0 Å². The van der Waals surface area contributed by atoms with E-state index in [1.165, 1.54) is 5.57 Å². The highest BCUT2D eigenvalue weighted by atomic mass is 79.9. The van der Waals surface area contributed by atoms with E-state index in [4.69, 9.17) is 4.74 Å². The lowest BCUT2D eigenvalue weighted by Crippen LogP contribution is -2.39. The molecular formula is C22H20BrN5O2. The third-order valence-corrected chi connectivity index (χ3v) is 5.12. The van der Waals surface area contributed by atoms with Crippen LogP contribution in [-0.2, 0) is 0 Å². The molecular weight excluding hydrogens is 446 g/mol. The van der Waals surface area contributed by atoms with Crippen LogP contribution in [0, 0.1) is 0 Å². The van der Waals surface area contributed by atoms with Gasteiger partial charge in [-0.3, -0.25) is 5.32 Å². The molecule has 30 heavy (non-hydrogen) atoms. The molecule has 1 saturated heterocycles. The third kappa shape index (κ3) is 5.42. The standard InChI is InChI=1S/C22H20BrN5O2/c23-18-6-7-21(24-15-18)30-19-4-1-3-17(14-19)13-16-8-11-28(12-9-16)22(29)26-20-5-2-10-25-27-20/h1-7,10,13-15H,8-9,11-12H2,(H,26,27,29). The summed E-state index contributed by atoms with van der Waals surface area (Å²) in [5.41, 5.74) is 2.37. The first kappa shape index (κ1) is 20.0. The Bertz CT molecular complexity index is 1030. The lowest BCUT2D eigenvalue weighted by molar-refractivity contribution is 0.207. The number of carbonyl (C=O) groups is 1. The van der Waals surface area contributed by atoms with E-state index in [9.17, 15) is 4.79 Å². The molecule has 7 nitrogen and oxygen atoms in total. The number of aromatic nitrogens is 3. The number of pyridine rings is 1. The highest BCUT2D eigenvalue weighted by molar-refractivity contribution is 9.10. The molecule has 1 aliphatic rings. The fraction of sp³-hybridized carbons (Fsp3) is 0.182. The van der Waals surface area contributed by atoms with E-state index in [1.807, 2.05) is 36.4 Å². The highest BCUT2D eigenvalue weighted by Crippen LogP contribution is 2.25. The summed E-state index contributed by atoms with van der Waals surface area (Å²) in [5, 5.41) is 10.4. The number of piperidine rings is 1. The molecule has 0 saturated carbocycles. The summed E-state index contributed by atoms with van der Waals surface area (Å²) < 4.78 is 6.74. The first-order valence-corrected chi connectivity index (χ1v) is 10.4. The molecule has 3 aromatic rings. The second kappa shape index (κ2) is 9.49. The van der Waals surface area contributed by atoms with E-state index >= 15 is 0 Å². The number of rotatable bonds is 4. The van der Waals surface area contributed by atoms with Crippen LogP contribution in [0.2, 0.25) is 0 Å². The molecule has 0 spiro atoms. The van der Waals surface area contributed by atoms with E-state index < -0.39 is 0 Å². The van der Waals surface area contributed by atoms with Crippen LogP contribution in [0.5, 0.6) is 11.6 Å². The minimum atomic E-state index is -0.146. The summed E-state index contributed by atoms with van der Waals surface area (Å²) in [5.74, 6) is 1.74. The summed E-state index contributed by atoms with van der Waals surface area (Å²) in [6.45, 7) is 1.33. The second-order valence-electron chi connectivity index (χ2n) is 6.82. The van der Waals surface area contributed by atoms with Crippen LogP contribution in [0.4, 0.5) is 10.6 Å². The van der Waals surface area contributed by atoms with E-state index in [-0.39, 0.29) is 6.03 Å². The van der Waals surface area contributed by atoms with Crippen molar-refractivity contribution in [2.45, 2.75) is 12.8 Å². The maximum Gasteiger partial charge on any atom is 0.323 e. The van der Waals surface area contributed by atoms with Gasteiger partial charge in [-0.15, -0.1) is 5.10 Å². The molecule has 1 aromatic carbocycles. The smallest absolute Gasteiger partial charge is 0.323 e. The van der Waals surface area contributed by atoms with Crippen molar-refractivity contribution in [3.8, 4) is 11.6 Å². The summed E-state index contributed by atoms with van der Waals surface area (Å²) in [7, 11) is 0. The monoisotopic (exact) mass is 465 g/mol. The second-order valence-corrected chi connectivity index (χ2v) is 7.73. The third-order valence-electron chi connectivity index (χ3n) is 4.65. The Morgan fingerprint density at radius 1 is 1.13 bits per heavy atom. The van der Waals surface area contributed by atoms with Gasteiger partial charge in [-0.2, -0.15) is 5.10 Å². The zero-order valence-electron chi connectivity index (χ0n) is 16.2. The van der Waals surface area contributed by atoms with Gasteiger partial charge in [0.1, 0.15) is 5.75 Å². The van der Waals surface area contributed by atoms with E-state index in [1.54, 1.807) is 29.4 Å². The molecule has 2 amide bonds. The number of urea groups is 1. The molecule has 0 unspecified atom stereocenters. The Balaban J connectivity index is 1.35. The molecule has 1 fully saturated rings. The number of nitrogens with zero attached hydrogens (tertiary/aromatic N) is 4. The number of ether oxygens (including phenoxy) is 1. The lowest BCUT2D eigenvalue weighted by Gasteiger charge is -2.28. The molecule has 8 heteroatoms. The summed E-state index contributed by atoms with van der Waals surface area (Å²) >= 11 is 3.37. The molecule has 3 heterocycles. The summed E-state index contributed by atoms with van der Waals surface area (Å²) in [6.07, 6.45) is 7.10. The van der Waals surface area contributed by atoms with E-state index in [0.29, 0.717) is 24.8 Å². The molecule has 152 valence electrons. The highest BCUT2D eigenvalue weighted by Gasteiger charge is 2.19. The first-order valence-electron chi connectivity index (χ1n) is 9.58. The maximum atomic E-state index is 12.4. The SMILES string of the molecule is O=C(Nc1cccnn1)N1CCC(=Cc2cccc(Oc3ccc(Br)cn3)c2)CC1. The zero-order valence-corrected chi connectivity index (χ0v) is 17.7. The number of hydrogen-bond donors (Lipinski definition) is 1. The van der Waals surface area contributed by atoms with Gasteiger partial charge in [0.2, 0.25) is 5.88 Å². The molecule has 0 atom stereocenters. The Morgan fingerprint density at radius 2 is 2.00 bits per heavy atom. The van der Waals surface area contributed by atoms with Crippen molar-refractivity contribution in [2.75, 3.05) is 18.4 Å². The molecule has 0 radical (unpaired) electrons. The van der Waals surface area contributed by atoms with Crippen molar-refractivity contribution in [1.82, 2.24) is 20.1 Å². The Hall–Kier alpha value is -3.26. The normalized spacial score (nSPS) is 13.6. The van der Waals surface area contributed by atoms with Crippen LogP contribution in [0.25, 0.3) is 6.08 Å².